The number of rotatable bonds is 2. The Morgan fingerprint density at radius 3 is 2.88 bits per heavy atom. The summed E-state index contributed by atoms with van der Waals surface area (Å²) >= 11 is 0. The summed E-state index contributed by atoms with van der Waals surface area (Å²) in [6, 6.07) is 9.26. The average Bonchev–Trinajstić information content (AvgIpc) is 2.94. The molecule has 1 aromatic heterocycles. The molecule has 0 radical (unpaired) electrons. The van der Waals surface area contributed by atoms with Gasteiger partial charge in [0.05, 0.1) is 6.61 Å². The lowest BCUT2D eigenvalue weighted by molar-refractivity contribution is 0.0836. The molecule has 1 atom stereocenters. The Balaban J connectivity index is 2.01. The maximum absolute atomic E-state index is 12.2. The molecule has 0 amide bonds. The van der Waals surface area contributed by atoms with Crippen LogP contribution in [-0.4, -0.2) is 24.5 Å². The number of furan rings is 1. The minimum atomic E-state index is -0.923. The monoisotopic (exact) mass is 231 g/mol. The number of hydrogen-bond donors (Lipinski definition) is 1. The van der Waals surface area contributed by atoms with Gasteiger partial charge in [0.15, 0.2) is 5.76 Å². The number of ether oxygens (including phenoxy) is 1. The van der Waals surface area contributed by atoms with E-state index in [2.05, 4.69) is 0 Å². The van der Waals surface area contributed by atoms with Crippen LogP contribution >= 0.6 is 0 Å². The molecule has 2 N–H and O–H groups in total. The van der Waals surface area contributed by atoms with E-state index in [1.54, 1.807) is 6.07 Å². The van der Waals surface area contributed by atoms with Crippen molar-refractivity contribution in [2.75, 3.05) is 13.2 Å². The first kappa shape index (κ1) is 10.5. The largest absolute Gasteiger partial charge is 0.453 e. The molecule has 2 aromatic rings. The van der Waals surface area contributed by atoms with Crippen molar-refractivity contribution in [3.05, 3.63) is 36.1 Å². The molecule has 88 valence electrons. The number of Topliss-reactive ketones (excluding diaryl/α,β-unsaturated/α-hetero) is 1. The van der Waals surface area contributed by atoms with Crippen molar-refractivity contribution in [2.45, 2.75) is 12.0 Å². The number of hydrogen-bond acceptors (Lipinski definition) is 4. The number of carbonyl (C=O) groups excluding carboxylic acids is 1. The second-order valence-electron chi connectivity index (χ2n) is 4.44. The number of para-hydroxylation sites is 1. The summed E-state index contributed by atoms with van der Waals surface area (Å²) in [5.41, 5.74) is 5.81. The summed E-state index contributed by atoms with van der Waals surface area (Å²) in [6.45, 7) is 0.797. The lowest BCUT2D eigenvalue weighted by atomic mass is 9.93. The minimum Gasteiger partial charge on any atom is -0.453 e. The van der Waals surface area contributed by atoms with E-state index in [9.17, 15) is 4.79 Å². The average molecular weight is 231 g/mol. The second-order valence-corrected chi connectivity index (χ2v) is 4.44. The summed E-state index contributed by atoms with van der Waals surface area (Å²) in [4.78, 5) is 12.2. The maximum Gasteiger partial charge on any atom is 0.220 e. The van der Waals surface area contributed by atoms with Gasteiger partial charge in [-0.3, -0.25) is 4.79 Å². The predicted octanol–water partition coefficient (Wildman–Crippen LogP) is 1.73. The van der Waals surface area contributed by atoms with Crippen molar-refractivity contribution in [1.82, 2.24) is 0 Å². The van der Waals surface area contributed by atoms with E-state index in [4.69, 9.17) is 14.9 Å². The van der Waals surface area contributed by atoms with E-state index < -0.39 is 5.54 Å². The van der Waals surface area contributed by atoms with Gasteiger partial charge in [0, 0.05) is 12.0 Å². The fraction of sp³-hybridized carbons (Fsp3) is 0.308. The van der Waals surface area contributed by atoms with E-state index in [0.717, 1.165) is 5.39 Å². The molecule has 1 fully saturated rings. The van der Waals surface area contributed by atoms with Crippen molar-refractivity contribution in [2.24, 2.45) is 5.73 Å². The number of ketones is 1. The first-order valence-corrected chi connectivity index (χ1v) is 5.59. The van der Waals surface area contributed by atoms with Gasteiger partial charge in [0.1, 0.15) is 11.1 Å². The summed E-state index contributed by atoms with van der Waals surface area (Å²) in [7, 11) is 0. The van der Waals surface area contributed by atoms with Gasteiger partial charge in [-0.15, -0.1) is 0 Å². The van der Waals surface area contributed by atoms with Gasteiger partial charge in [-0.1, -0.05) is 18.2 Å². The Bertz CT molecular complexity index is 534. The van der Waals surface area contributed by atoms with Crippen molar-refractivity contribution in [3.63, 3.8) is 0 Å². The fourth-order valence-corrected chi connectivity index (χ4v) is 2.10. The van der Waals surface area contributed by atoms with Crippen molar-refractivity contribution >= 4 is 16.8 Å². The fourth-order valence-electron chi connectivity index (χ4n) is 2.10. The van der Waals surface area contributed by atoms with Crippen LogP contribution in [-0.2, 0) is 4.74 Å². The maximum atomic E-state index is 12.2. The number of benzene rings is 1. The summed E-state index contributed by atoms with van der Waals surface area (Å²) in [5, 5.41) is 0.915. The topological polar surface area (TPSA) is 65.5 Å². The summed E-state index contributed by atoms with van der Waals surface area (Å²) in [6.07, 6.45) is 0.545. The van der Waals surface area contributed by atoms with Crippen LogP contribution in [0.1, 0.15) is 17.0 Å². The molecule has 2 heterocycles. The van der Waals surface area contributed by atoms with Crippen LogP contribution in [0.15, 0.2) is 34.7 Å². The van der Waals surface area contributed by atoms with Crippen LogP contribution in [0.5, 0.6) is 0 Å². The van der Waals surface area contributed by atoms with E-state index in [0.29, 0.717) is 24.4 Å². The standard InChI is InChI=1S/C13H13NO3/c14-13(5-6-16-8-13)12(15)11-7-9-3-1-2-4-10(9)17-11/h1-4,7H,5-6,8,14H2. The van der Waals surface area contributed by atoms with Gasteiger partial charge in [-0.2, -0.15) is 0 Å². The Morgan fingerprint density at radius 1 is 1.35 bits per heavy atom. The van der Waals surface area contributed by atoms with Gasteiger partial charge < -0.3 is 14.9 Å². The van der Waals surface area contributed by atoms with E-state index in [-0.39, 0.29) is 12.4 Å². The zero-order chi connectivity index (χ0) is 11.9. The smallest absolute Gasteiger partial charge is 0.220 e. The highest BCUT2D eigenvalue weighted by Crippen LogP contribution is 2.25. The van der Waals surface area contributed by atoms with Crippen LogP contribution in [0, 0.1) is 0 Å². The Kier molecular flexibility index (Phi) is 2.28. The van der Waals surface area contributed by atoms with E-state index >= 15 is 0 Å². The molecule has 0 saturated carbocycles. The molecular formula is C13H13NO3. The molecule has 1 unspecified atom stereocenters. The molecule has 0 bridgehead atoms. The molecule has 3 rings (SSSR count). The molecule has 4 nitrogen and oxygen atoms in total. The van der Waals surface area contributed by atoms with Crippen LogP contribution in [0.2, 0.25) is 0 Å². The predicted molar refractivity (Wildman–Crippen MR) is 62.9 cm³/mol. The lowest BCUT2D eigenvalue weighted by Gasteiger charge is -2.17. The van der Waals surface area contributed by atoms with Gasteiger partial charge in [0.2, 0.25) is 5.78 Å². The highest BCUT2D eigenvalue weighted by molar-refractivity contribution is 6.03. The van der Waals surface area contributed by atoms with Crippen molar-refractivity contribution in [3.8, 4) is 0 Å². The summed E-state index contributed by atoms with van der Waals surface area (Å²) < 4.78 is 10.7. The highest BCUT2D eigenvalue weighted by atomic mass is 16.5. The normalized spacial score (nSPS) is 24.3. The molecule has 4 heteroatoms. The first-order valence-electron chi connectivity index (χ1n) is 5.59. The molecule has 1 saturated heterocycles. The third-order valence-electron chi connectivity index (χ3n) is 3.15. The second kappa shape index (κ2) is 3.68. The molecule has 0 spiro atoms. The van der Waals surface area contributed by atoms with Crippen molar-refractivity contribution in [1.29, 1.82) is 0 Å². The van der Waals surface area contributed by atoms with Crippen LogP contribution < -0.4 is 5.73 Å². The van der Waals surface area contributed by atoms with Gasteiger partial charge in [-0.25, -0.2) is 0 Å². The molecule has 1 aliphatic rings. The molecule has 17 heavy (non-hydrogen) atoms. The van der Waals surface area contributed by atoms with Crippen LogP contribution in [0.4, 0.5) is 0 Å². The zero-order valence-electron chi connectivity index (χ0n) is 9.31. The van der Waals surface area contributed by atoms with E-state index in [1.165, 1.54) is 0 Å². The van der Waals surface area contributed by atoms with Crippen LogP contribution in [0.3, 0.4) is 0 Å². The minimum absolute atomic E-state index is 0.175. The zero-order valence-corrected chi connectivity index (χ0v) is 9.31. The lowest BCUT2D eigenvalue weighted by Crippen LogP contribution is -2.48. The number of fused-ring (bicyclic) bond motifs is 1. The number of carbonyl (C=O) groups is 1. The first-order chi connectivity index (χ1) is 8.19. The SMILES string of the molecule is NC1(C(=O)c2cc3ccccc3o2)CCOC1. The third-order valence-corrected chi connectivity index (χ3v) is 3.15. The van der Waals surface area contributed by atoms with Gasteiger partial charge in [-0.05, 0) is 18.6 Å². The molecular weight excluding hydrogens is 218 g/mol. The number of nitrogens with two attached hydrogens (primary N) is 1. The van der Waals surface area contributed by atoms with Crippen LogP contribution in [0.25, 0.3) is 11.0 Å². The summed E-state index contributed by atoms with van der Waals surface area (Å²) in [5.74, 6) is 0.144. The van der Waals surface area contributed by atoms with Gasteiger partial charge >= 0.3 is 0 Å². The molecule has 0 aliphatic carbocycles. The third kappa shape index (κ3) is 1.66. The quantitative estimate of drug-likeness (QED) is 0.799. The Morgan fingerprint density at radius 2 is 2.18 bits per heavy atom. The molecule has 1 aliphatic heterocycles. The van der Waals surface area contributed by atoms with Gasteiger partial charge in [0.25, 0.3) is 0 Å². The van der Waals surface area contributed by atoms with E-state index in [1.807, 2.05) is 24.3 Å². The Labute approximate surface area is 98.3 Å². The Hall–Kier alpha value is -1.65. The highest BCUT2D eigenvalue weighted by Gasteiger charge is 2.40. The van der Waals surface area contributed by atoms with Crippen molar-refractivity contribution < 1.29 is 13.9 Å². The molecule has 1 aromatic carbocycles.